The number of ether oxygens (including phenoxy) is 1. The van der Waals surface area contributed by atoms with Crippen LogP contribution in [0.25, 0.3) is 11.3 Å². The molecule has 2 aliphatic heterocycles. The maximum atomic E-state index is 13.4. The van der Waals surface area contributed by atoms with E-state index >= 15 is 0 Å². The number of carbonyl (C=O) groups excluding carboxylic acids is 1. The lowest BCUT2D eigenvalue weighted by Gasteiger charge is -2.31. The number of aliphatic hydroxyl groups is 1. The molecule has 11 nitrogen and oxygen atoms in total. The zero-order valence-electron chi connectivity index (χ0n) is 18.2. The Morgan fingerprint density at radius 3 is 2.67 bits per heavy atom. The van der Waals surface area contributed by atoms with Crippen LogP contribution in [0.15, 0.2) is 18.5 Å². The molecule has 4 heterocycles. The summed E-state index contributed by atoms with van der Waals surface area (Å²) >= 11 is 0. The van der Waals surface area contributed by atoms with Crippen molar-refractivity contribution in [2.24, 2.45) is 5.92 Å². The largest absolute Gasteiger partial charge is 0.394 e. The minimum atomic E-state index is -1.04. The molecular formula is C21H27FN8O3. The summed E-state index contributed by atoms with van der Waals surface area (Å²) in [7, 11) is 0. The van der Waals surface area contributed by atoms with Crippen LogP contribution < -0.4 is 16.0 Å². The number of aromatic nitrogens is 4. The molecule has 1 saturated carbocycles. The number of nitrogens with two attached hydrogens (primary N) is 1. The molecule has 4 N–H and O–H groups in total. The minimum absolute atomic E-state index is 0.167. The van der Waals surface area contributed by atoms with Crippen molar-refractivity contribution < 1.29 is 19.0 Å². The van der Waals surface area contributed by atoms with E-state index in [9.17, 15) is 14.3 Å². The van der Waals surface area contributed by atoms with Crippen LogP contribution in [0.5, 0.6) is 0 Å². The highest BCUT2D eigenvalue weighted by molar-refractivity contribution is 5.82. The second kappa shape index (κ2) is 8.67. The van der Waals surface area contributed by atoms with Crippen molar-refractivity contribution in [3.8, 4) is 11.3 Å². The van der Waals surface area contributed by atoms with Gasteiger partial charge in [-0.2, -0.15) is 4.98 Å². The Labute approximate surface area is 190 Å². The Morgan fingerprint density at radius 2 is 2.00 bits per heavy atom. The summed E-state index contributed by atoms with van der Waals surface area (Å²) in [5.41, 5.74) is 6.13. The molecule has 2 saturated heterocycles. The summed E-state index contributed by atoms with van der Waals surface area (Å²) < 4.78 is 18.8. The molecule has 12 heteroatoms. The fourth-order valence-electron chi connectivity index (χ4n) is 4.28. The molecule has 0 bridgehead atoms. The van der Waals surface area contributed by atoms with E-state index in [0.717, 1.165) is 0 Å². The van der Waals surface area contributed by atoms with Crippen LogP contribution in [0.2, 0.25) is 0 Å². The van der Waals surface area contributed by atoms with Crippen LogP contribution in [0, 0.1) is 5.92 Å². The van der Waals surface area contributed by atoms with Crippen molar-refractivity contribution in [2.45, 2.75) is 24.6 Å². The Bertz CT molecular complexity index is 1020. The number of alkyl halides is 1. The van der Waals surface area contributed by atoms with Gasteiger partial charge in [0.15, 0.2) is 0 Å². The number of hydrogen-bond acceptors (Lipinski definition) is 10. The molecule has 1 aliphatic carbocycles. The summed E-state index contributed by atoms with van der Waals surface area (Å²) in [6.07, 6.45) is 2.96. The van der Waals surface area contributed by atoms with Gasteiger partial charge in [0, 0.05) is 50.2 Å². The molecule has 0 aromatic carbocycles. The first kappa shape index (κ1) is 21.7. The molecule has 1 amide bonds. The molecular weight excluding hydrogens is 431 g/mol. The number of hydrogen-bond donors (Lipinski definition) is 3. The third kappa shape index (κ3) is 4.53. The van der Waals surface area contributed by atoms with Crippen LogP contribution in [-0.4, -0.2) is 93.6 Å². The standard InChI is InChI=1S/C21H27FN8O3/c22-15-7-14(15)18(32)30-2-1-21(11-30,12-31)28-17-8-16(13-9-24-19(23)25-10-13)26-20(27-17)29-3-5-33-6-4-29/h8-10,14-15,31H,1-7,11-12H2,(H2,23,24,25)(H,26,27,28)/t14-,15-,21-/m0/s1. The van der Waals surface area contributed by atoms with Crippen molar-refractivity contribution in [3.63, 3.8) is 0 Å². The van der Waals surface area contributed by atoms with E-state index < -0.39 is 17.6 Å². The lowest BCUT2D eigenvalue weighted by Crippen LogP contribution is -2.46. The highest BCUT2D eigenvalue weighted by Gasteiger charge is 2.49. The van der Waals surface area contributed by atoms with Gasteiger partial charge in [0.05, 0.1) is 37.0 Å². The van der Waals surface area contributed by atoms with Crippen LogP contribution >= 0.6 is 0 Å². The predicted octanol–water partition coefficient (Wildman–Crippen LogP) is 0.0857. The van der Waals surface area contributed by atoms with E-state index in [1.54, 1.807) is 23.4 Å². The zero-order valence-corrected chi connectivity index (χ0v) is 18.2. The summed E-state index contributed by atoms with van der Waals surface area (Å²) in [4.78, 5) is 33.7. The van der Waals surface area contributed by atoms with Gasteiger partial charge in [0.2, 0.25) is 17.8 Å². The number of amides is 1. The Kier molecular flexibility index (Phi) is 5.71. The number of aliphatic hydroxyl groups excluding tert-OH is 1. The Hall–Kier alpha value is -3.12. The molecule has 5 rings (SSSR count). The average molecular weight is 458 g/mol. The number of halogens is 1. The number of rotatable bonds is 6. The molecule has 3 fully saturated rings. The van der Waals surface area contributed by atoms with Gasteiger partial charge in [-0.1, -0.05) is 0 Å². The maximum absolute atomic E-state index is 13.4. The monoisotopic (exact) mass is 458 g/mol. The lowest BCUT2D eigenvalue weighted by molar-refractivity contribution is -0.132. The fourth-order valence-corrected chi connectivity index (χ4v) is 4.28. The number of morpholine rings is 1. The van der Waals surface area contributed by atoms with Crippen LogP contribution in [-0.2, 0) is 9.53 Å². The highest BCUT2D eigenvalue weighted by atomic mass is 19.1. The van der Waals surface area contributed by atoms with E-state index in [1.165, 1.54) is 0 Å². The summed E-state index contributed by atoms with van der Waals surface area (Å²) in [5, 5.41) is 13.6. The summed E-state index contributed by atoms with van der Waals surface area (Å²) in [6.45, 7) is 3.00. The van der Waals surface area contributed by atoms with Gasteiger partial charge in [-0.3, -0.25) is 4.79 Å². The smallest absolute Gasteiger partial charge is 0.228 e. The van der Waals surface area contributed by atoms with Crippen molar-refractivity contribution >= 4 is 23.6 Å². The Balaban J connectivity index is 1.42. The van der Waals surface area contributed by atoms with Crippen molar-refractivity contribution in [1.29, 1.82) is 0 Å². The van der Waals surface area contributed by atoms with Gasteiger partial charge in [-0.25, -0.2) is 19.3 Å². The summed E-state index contributed by atoms with van der Waals surface area (Å²) in [6, 6.07) is 1.76. The predicted molar refractivity (Wildman–Crippen MR) is 118 cm³/mol. The number of nitrogens with one attached hydrogen (secondary N) is 1. The second-order valence-corrected chi connectivity index (χ2v) is 8.80. The SMILES string of the molecule is Nc1ncc(-c2cc(N[C@@]3(CO)CCN(C(=O)[C@H]4C[C@@H]4F)C3)nc(N3CCOCC3)n2)cn1. The van der Waals surface area contributed by atoms with Crippen LogP contribution in [0.4, 0.5) is 22.1 Å². The molecule has 0 radical (unpaired) electrons. The molecule has 2 aromatic rings. The number of nitrogens with zero attached hydrogens (tertiary/aromatic N) is 6. The van der Waals surface area contributed by atoms with E-state index in [-0.39, 0.29) is 31.4 Å². The first-order chi connectivity index (χ1) is 16.0. The third-order valence-corrected chi connectivity index (χ3v) is 6.37. The molecule has 0 unspecified atom stereocenters. The molecule has 2 aromatic heterocycles. The average Bonchev–Trinajstić information content (AvgIpc) is 3.43. The molecule has 0 spiro atoms. The van der Waals surface area contributed by atoms with Gasteiger partial charge < -0.3 is 30.7 Å². The molecule has 33 heavy (non-hydrogen) atoms. The fraction of sp³-hybridized carbons (Fsp3) is 0.571. The number of carbonyl (C=O) groups is 1. The second-order valence-electron chi connectivity index (χ2n) is 8.80. The van der Waals surface area contributed by atoms with E-state index in [0.29, 0.717) is 62.3 Å². The maximum Gasteiger partial charge on any atom is 0.228 e. The highest BCUT2D eigenvalue weighted by Crippen LogP contribution is 2.38. The first-order valence-electron chi connectivity index (χ1n) is 11.1. The van der Waals surface area contributed by atoms with Gasteiger partial charge in [-0.15, -0.1) is 0 Å². The topological polar surface area (TPSA) is 143 Å². The van der Waals surface area contributed by atoms with Crippen LogP contribution in [0.3, 0.4) is 0 Å². The molecule has 176 valence electrons. The van der Waals surface area contributed by atoms with Crippen molar-refractivity contribution in [2.75, 3.05) is 62.0 Å². The van der Waals surface area contributed by atoms with Crippen molar-refractivity contribution in [3.05, 3.63) is 18.5 Å². The van der Waals surface area contributed by atoms with Gasteiger partial charge in [0.25, 0.3) is 0 Å². The number of nitrogen functional groups attached to an aromatic ring is 1. The third-order valence-electron chi connectivity index (χ3n) is 6.37. The van der Waals surface area contributed by atoms with E-state index in [2.05, 4.69) is 15.3 Å². The molecule has 3 atom stereocenters. The van der Waals surface area contributed by atoms with E-state index in [4.69, 9.17) is 20.4 Å². The number of anilines is 3. The first-order valence-corrected chi connectivity index (χ1v) is 11.1. The van der Waals surface area contributed by atoms with Crippen molar-refractivity contribution in [1.82, 2.24) is 24.8 Å². The lowest BCUT2D eigenvalue weighted by atomic mass is 10.00. The minimum Gasteiger partial charge on any atom is -0.394 e. The zero-order chi connectivity index (χ0) is 23.0. The van der Waals surface area contributed by atoms with Gasteiger partial charge in [-0.05, 0) is 12.8 Å². The quantitative estimate of drug-likeness (QED) is 0.545. The van der Waals surface area contributed by atoms with E-state index in [1.807, 2.05) is 4.90 Å². The van der Waals surface area contributed by atoms with Gasteiger partial charge in [0.1, 0.15) is 12.0 Å². The molecule has 3 aliphatic rings. The Morgan fingerprint density at radius 1 is 1.27 bits per heavy atom. The van der Waals surface area contributed by atoms with Gasteiger partial charge >= 0.3 is 0 Å². The summed E-state index contributed by atoms with van der Waals surface area (Å²) in [5.74, 6) is 0.476. The normalized spacial score (nSPS) is 27.0. The number of likely N-dealkylation sites (tertiary alicyclic amines) is 1. The van der Waals surface area contributed by atoms with Crippen LogP contribution in [0.1, 0.15) is 12.8 Å².